The van der Waals surface area contributed by atoms with Crippen LogP contribution in [0.1, 0.15) is 49.6 Å². The van der Waals surface area contributed by atoms with Crippen LogP contribution in [0.5, 0.6) is 0 Å². The van der Waals surface area contributed by atoms with Crippen molar-refractivity contribution in [3.05, 3.63) is 46.2 Å². The first-order valence-electron chi connectivity index (χ1n) is 9.96. The molecule has 0 aliphatic heterocycles. The monoisotopic (exact) mass is 526 g/mol. The molecule has 0 aliphatic rings. The molecule has 0 saturated carbocycles. The number of hydrogen-bond donors (Lipinski definition) is 2. The van der Waals surface area contributed by atoms with E-state index in [9.17, 15) is 0 Å². The van der Waals surface area contributed by atoms with Gasteiger partial charge in [0.25, 0.3) is 0 Å². The lowest BCUT2D eigenvalue weighted by molar-refractivity contribution is 0.624. The zero-order valence-electron chi connectivity index (χ0n) is 17.6. The normalized spacial score (nSPS) is 11.7. The first kappa shape index (κ1) is 23.6. The third-order valence-corrected chi connectivity index (χ3v) is 5.43. The molecule has 29 heavy (non-hydrogen) atoms. The summed E-state index contributed by atoms with van der Waals surface area (Å²) in [4.78, 5) is 14.0. The van der Waals surface area contributed by atoms with Crippen molar-refractivity contribution in [1.29, 1.82) is 0 Å². The minimum absolute atomic E-state index is 0. The second kappa shape index (κ2) is 11.5. The van der Waals surface area contributed by atoms with Crippen molar-refractivity contribution in [3.63, 3.8) is 0 Å². The van der Waals surface area contributed by atoms with Crippen LogP contribution in [0.4, 0.5) is 0 Å². The van der Waals surface area contributed by atoms with E-state index in [0.29, 0.717) is 12.5 Å². The average Bonchev–Trinajstić information content (AvgIpc) is 3.27. The van der Waals surface area contributed by atoms with Crippen LogP contribution >= 0.6 is 35.3 Å². The molecule has 0 radical (unpaired) electrons. The van der Waals surface area contributed by atoms with Gasteiger partial charge in [-0.15, -0.1) is 35.3 Å². The van der Waals surface area contributed by atoms with E-state index in [1.807, 2.05) is 6.07 Å². The van der Waals surface area contributed by atoms with Crippen LogP contribution in [0.15, 0.2) is 34.6 Å². The van der Waals surface area contributed by atoms with Gasteiger partial charge in [0.05, 0.1) is 23.3 Å². The molecule has 1 aromatic carbocycles. The molecular weight excluding hydrogens is 495 g/mol. The van der Waals surface area contributed by atoms with Gasteiger partial charge >= 0.3 is 0 Å². The number of fused-ring (bicyclic) bond motifs is 1. The molecule has 0 amide bonds. The molecule has 0 fully saturated rings. The fraction of sp³-hybridized carbons (Fsp3) is 0.476. The predicted molar refractivity (Wildman–Crippen MR) is 134 cm³/mol. The summed E-state index contributed by atoms with van der Waals surface area (Å²) in [6.45, 7) is 11.7. The maximum Gasteiger partial charge on any atom is 0.191 e. The van der Waals surface area contributed by atoms with Crippen LogP contribution in [0.25, 0.3) is 11.0 Å². The molecule has 0 unspecified atom stereocenters. The van der Waals surface area contributed by atoms with Gasteiger partial charge in [-0.3, -0.25) is 0 Å². The Kier molecular flexibility index (Phi) is 9.35. The van der Waals surface area contributed by atoms with E-state index in [2.05, 4.69) is 81.4 Å². The van der Waals surface area contributed by atoms with Gasteiger partial charge in [0.2, 0.25) is 0 Å². The SMILES string of the molecule is CCNC(=NCc1nc(C(C)C)cs1)NCCCn1c(C)nc2ccccc21.I. The molecule has 0 bridgehead atoms. The minimum Gasteiger partial charge on any atom is -0.357 e. The van der Waals surface area contributed by atoms with Crippen LogP contribution < -0.4 is 10.6 Å². The van der Waals surface area contributed by atoms with E-state index in [1.165, 1.54) is 5.52 Å². The van der Waals surface area contributed by atoms with Gasteiger partial charge in [0.1, 0.15) is 10.8 Å². The molecule has 2 heterocycles. The number of hydrogen-bond acceptors (Lipinski definition) is 4. The number of imidazole rings is 1. The number of thiazole rings is 1. The van der Waals surface area contributed by atoms with E-state index in [-0.39, 0.29) is 24.0 Å². The second-order valence-electron chi connectivity index (χ2n) is 7.10. The van der Waals surface area contributed by atoms with Gasteiger partial charge in [-0.2, -0.15) is 0 Å². The fourth-order valence-corrected chi connectivity index (χ4v) is 3.95. The van der Waals surface area contributed by atoms with E-state index in [4.69, 9.17) is 0 Å². The van der Waals surface area contributed by atoms with Gasteiger partial charge < -0.3 is 15.2 Å². The quantitative estimate of drug-likeness (QED) is 0.194. The topological polar surface area (TPSA) is 67.1 Å². The summed E-state index contributed by atoms with van der Waals surface area (Å²) in [6.07, 6.45) is 1.00. The maximum absolute atomic E-state index is 4.68. The molecule has 0 atom stereocenters. The van der Waals surface area contributed by atoms with Crippen molar-refractivity contribution < 1.29 is 0 Å². The summed E-state index contributed by atoms with van der Waals surface area (Å²) in [7, 11) is 0. The highest BCUT2D eigenvalue weighted by atomic mass is 127. The van der Waals surface area contributed by atoms with E-state index in [1.54, 1.807) is 11.3 Å². The Bertz CT molecular complexity index is 930. The fourth-order valence-electron chi connectivity index (χ4n) is 3.07. The molecule has 2 aromatic heterocycles. The van der Waals surface area contributed by atoms with Crippen molar-refractivity contribution in [2.45, 2.75) is 53.1 Å². The number of halogens is 1. The first-order valence-corrected chi connectivity index (χ1v) is 10.8. The van der Waals surface area contributed by atoms with Crippen molar-refractivity contribution in [3.8, 4) is 0 Å². The Balaban J connectivity index is 0.00000300. The highest BCUT2D eigenvalue weighted by Gasteiger charge is 2.07. The molecule has 6 nitrogen and oxygen atoms in total. The number of nitrogens with zero attached hydrogens (tertiary/aromatic N) is 4. The van der Waals surface area contributed by atoms with Crippen LogP contribution in [0.2, 0.25) is 0 Å². The third kappa shape index (κ3) is 6.40. The summed E-state index contributed by atoms with van der Waals surface area (Å²) in [5, 5.41) is 9.94. The number of aromatic nitrogens is 3. The van der Waals surface area contributed by atoms with Gasteiger partial charge in [-0.1, -0.05) is 26.0 Å². The van der Waals surface area contributed by atoms with Gasteiger partial charge in [0, 0.05) is 25.0 Å². The molecule has 3 aromatic rings. The van der Waals surface area contributed by atoms with Crippen molar-refractivity contribution in [1.82, 2.24) is 25.2 Å². The molecule has 0 spiro atoms. The van der Waals surface area contributed by atoms with Crippen molar-refractivity contribution >= 4 is 52.3 Å². The van der Waals surface area contributed by atoms with Crippen LogP contribution in [0, 0.1) is 6.92 Å². The Morgan fingerprint density at radius 2 is 2.00 bits per heavy atom. The lowest BCUT2D eigenvalue weighted by atomic mass is 10.2. The maximum atomic E-state index is 4.68. The molecule has 0 saturated heterocycles. The smallest absolute Gasteiger partial charge is 0.191 e. The number of para-hydroxylation sites is 2. The summed E-state index contributed by atoms with van der Waals surface area (Å²) < 4.78 is 2.28. The minimum atomic E-state index is 0. The number of guanidine groups is 1. The summed E-state index contributed by atoms with van der Waals surface area (Å²) >= 11 is 1.68. The Morgan fingerprint density at radius 3 is 2.72 bits per heavy atom. The average molecular weight is 526 g/mol. The number of aliphatic imine (C=N–C) groups is 1. The van der Waals surface area contributed by atoms with Gasteiger partial charge in [-0.25, -0.2) is 15.0 Å². The summed E-state index contributed by atoms with van der Waals surface area (Å²) in [6, 6.07) is 8.30. The first-order chi connectivity index (χ1) is 13.6. The van der Waals surface area contributed by atoms with E-state index >= 15 is 0 Å². The number of nitrogens with one attached hydrogen (secondary N) is 2. The number of rotatable bonds is 8. The Hall–Kier alpha value is -1.68. The van der Waals surface area contributed by atoms with Gasteiger partial charge in [-0.05, 0) is 38.3 Å². The molecule has 2 N–H and O–H groups in total. The van der Waals surface area contributed by atoms with Gasteiger partial charge in [0.15, 0.2) is 5.96 Å². The molecule has 0 aliphatic carbocycles. The number of benzene rings is 1. The molecule has 3 rings (SSSR count). The Labute approximate surface area is 194 Å². The van der Waals surface area contributed by atoms with Crippen LogP contribution in [0.3, 0.4) is 0 Å². The zero-order chi connectivity index (χ0) is 19.9. The van der Waals surface area contributed by atoms with Crippen molar-refractivity contribution in [2.24, 2.45) is 4.99 Å². The van der Waals surface area contributed by atoms with E-state index < -0.39 is 0 Å². The van der Waals surface area contributed by atoms with Crippen molar-refractivity contribution in [2.75, 3.05) is 13.1 Å². The summed E-state index contributed by atoms with van der Waals surface area (Å²) in [5.41, 5.74) is 3.41. The zero-order valence-corrected chi connectivity index (χ0v) is 20.8. The lowest BCUT2D eigenvalue weighted by Crippen LogP contribution is -2.38. The Morgan fingerprint density at radius 1 is 1.21 bits per heavy atom. The second-order valence-corrected chi connectivity index (χ2v) is 8.04. The largest absolute Gasteiger partial charge is 0.357 e. The molecule has 158 valence electrons. The van der Waals surface area contributed by atoms with E-state index in [0.717, 1.165) is 54.1 Å². The summed E-state index contributed by atoms with van der Waals surface area (Å²) in [5.74, 6) is 2.37. The highest BCUT2D eigenvalue weighted by Crippen LogP contribution is 2.18. The van der Waals surface area contributed by atoms with Crippen LogP contribution in [-0.2, 0) is 13.1 Å². The van der Waals surface area contributed by atoms with Crippen LogP contribution in [-0.4, -0.2) is 33.6 Å². The third-order valence-electron chi connectivity index (χ3n) is 4.57. The predicted octanol–water partition coefficient (Wildman–Crippen LogP) is 4.69. The molecular formula is C21H31IN6S. The lowest BCUT2D eigenvalue weighted by Gasteiger charge is -2.12. The standard InChI is InChI=1S/C21H30N6S.HI/c1-5-22-21(24-13-20-26-18(14-28-20)15(2)3)23-11-8-12-27-16(4)25-17-9-6-7-10-19(17)27;/h6-7,9-10,14-15H,5,8,11-13H2,1-4H3,(H2,22,23,24);1H. The number of aryl methyl sites for hydroxylation is 2. The molecule has 8 heteroatoms. The highest BCUT2D eigenvalue weighted by molar-refractivity contribution is 14.0.